The molecule has 0 saturated heterocycles. The van der Waals surface area contributed by atoms with E-state index in [2.05, 4.69) is 10.3 Å². The lowest BCUT2D eigenvalue weighted by Crippen LogP contribution is -2.24. The Morgan fingerprint density at radius 1 is 1.12 bits per heavy atom. The number of aryl methyl sites for hydroxylation is 1. The first-order chi connectivity index (χ1) is 11.7. The molecule has 0 spiro atoms. The smallest absolute Gasteiger partial charge is 0.231 e. The van der Waals surface area contributed by atoms with Crippen LogP contribution in [0, 0.1) is 6.92 Å². The zero-order valence-corrected chi connectivity index (χ0v) is 13.2. The van der Waals surface area contributed by atoms with E-state index in [1.807, 2.05) is 36.4 Å². The molecule has 1 aliphatic rings. The molecule has 1 aliphatic heterocycles. The number of nitrogens with zero attached hydrogens (tertiary/aromatic N) is 1. The van der Waals surface area contributed by atoms with E-state index in [1.54, 1.807) is 6.92 Å². The average molecular weight is 324 g/mol. The van der Waals surface area contributed by atoms with Crippen molar-refractivity contribution in [2.24, 2.45) is 0 Å². The lowest BCUT2D eigenvalue weighted by atomic mass is 10.1. The second-order valence-corrected chi connectivity index (χ2v) is 5.68. The molecule has 0 saturated carbocycles. The molecule has 1 amide bonds. The molecule has 6 heteroatoms. The summed E-state index contributed by atoms with van der Waals surface area (Å²) >= 11 is 0. The number of fused-ring (bicyclic) bond motifs is 2. The van der Waals surface area contributed by atoms with Crippen LogP contribution >= 0.6 is 0 Å². The van der Waals surface area contributed by atoms with Crippen LogP contribution in [0.4, 0.5) is 0 Å². The molecule has 24 heavy (non-hydrogen) atoms. The summed E-state index contributed by atoms with van der Waals surface area (Å²) in [6.45, 7) is 2.49. The van der Waals surface area contributed by atoms with Crippen molar-refractivity contribution in [3.8, 4) is 11.5 Å². The fourth-order valence-electron chi connectivity index (χ4n) is 2.70. The molecule has 0 aliphatic carbocycles. The van der Waals surface area contributed by atoms with Crippen LogP contribution in [0.3, 0.4) is 0 Å². The number of rotatable bonds is 4. The maximum Gasteiger partial charge on any atom is 0.231 e. The summed E-state index contributed by atoms with van der Waals surface area (Å²) in [7, 11) is 0. The number of benzene rings is 2. The molecule has 2 aromatic carbocycles. The maximum atomic E-state index is 12.1. The van der Waals surface area contributed by atoms with Crippen molar-refractivity contribution >= 4 is 17.0 Å². The summed E-state index contributed by atoms with van der Waals surface area (Å²) in [5, 5.41) is 2.91. The van der Waals surface area contributed by atoms with Crippen LogP contribution in [0.2, 0.25) is 0 Å². The molecule has 0 unspecified atom stereocenters. The second kappa shape index (κ2) is 5.88. The van der Waals surface area contributed by atoms with Gasteiger partial charge in [0, 0.05) is 13.5 Å². The number of oxazole rings is 1. The highest BCUT2D eigenvalue weighted by atomic mass is 16.7. The molecule has 0 bridgehead atoms. The molecule has 1 aromatic heterocycles. The normalized spacial score (nSPS) is 12.5. The van der Waals surface area contributed by atoms with E-state index in [-0.39, 0.29) is 12.7 Å². The van der Waals surface area contributed by atoms with Crippen LogP contribution in [0.25, 0.3) is 11.1 Å². The van der Waals surface area contributed by atoms with Gasteiger partial charge in [-0.25, -0.2) is 4.98 Å². The fourth-order valence-corrected chi connectivity index (χ4v) is 2.70. The number of carbonyl (C=O) groups excluding carboxylic acids is 1. The molecule has 0 radical (unpaired) electrons. The zero-order chi connectivity index (χ0) is 16.5. The summed E-state index contributed by atoms with van der Waals surface area (Å²) in [4.78, 5) is 16.4. The van der Waals surface area contributed by atoms with Crippen molar-refractivity contribution in [1.82, 2.24) is 10.3 Å². The second-order valence-electron chi connectivity index (χ2n) is 5.68. The highest BCUT2D eigenvalue weighted by Crippen LogP contribution is 2.32. The zero-order valence-electron chi connectivity index (χ0n) is 13.2. The Hall–Kier alpha value is -3.02. The van der Waals surface area contributed by atoms with Crippen molar-refractivity contribution in [1.29, 1.82) is 0 Å². The molecule has 6 nitrogen and oxygen atoms in total. The minimum absolute atomic E-state index is 0.0489. The van der Waals surface area contributed by atoms with Gasteiger partial charge in [-0.15, -0.1) is 0 Å². The molecule has 1 N–H and O–H groups in total. The first kappa shape index (κ1) is 14.6. The molecule has 0 fully saturated rings. The molecule has 3 aromatic rings. The van der Waals surface area contributed by atoms with E-state index in [1.165, 1.54) is 0 Å². The average Bonchev–Trinajstić information content (AvgIpc) is 3.17. The number of hydrogen-bond acceptors (Lipinski definition) is 5. The van der Waals surface area contributed by atoms with Gasteiger partial charge in [-0.2, -0.15) is 0 Å². The number of aromatic nitrogens is 1. The van der Waals surface area contributed by atoms with Crippen molar-refractivity contribution in [3.05, 3.63) is 53.4 Å². The standard InChI is InChI=1S/C18H16N2O4/c1-11-20-14-6-12(2-4-15(14)24-11)8-18(21)19-9-13-3-5-16-17(7-13)23-10-22-16/h2-7H,8-10H2,1H3,(H,19,21). The molecule has 2 heterocycles. The van der Waals surface area contributed by atoms with Gasteiger partial charge < -0.3 is 19.2 Å². The van der Waals surface area contributed by atoms with Crippen molar-refractivity contribution in [3.63, 3.8) is 0 Å². The monoisotopic (exact) mass is 324 g/mol. The number of nitrogens with one attached hydrogen (secondary N) is 1. The van der Waals surface area contributed by atoms with Crippen molar-refractivity contribution in [2.45, 2.75) is 19.9 Å². The van der Waals surface area contributed by atoms with Gasteiger partial charge in [0.2, 0.25) is 12.7 Å². The molecular weight excluding hydrogens is 308 g/mol. The van der Waals surface area contributed by atoms with E-state index < -0.39 is 0 Å². The van der Waals surface area contributed by atoms with E-state index in [0.29, 0.717) is 24.6 Å². The largest absolute Gasteiger partial charge is 0.454 e. The van der Waals surface area contributed by atoms with Crippen LogP contribution in [0.15, 0.2) is 40.8 Å². The van der Waals surface area contributed by atoms with Gasteiger partial charge in [0.25, 0.3) is 0 Å². The highest BCUT2D eigenvalue weighted by molar-refractivity contribution is 5.81. The fraction of sp³-hybridized carbons (Fsp3) is 0.222. The molecule has 122 valence electrons. The minimum atomic E-state index is -0.0489. The first-order valence-corrected chi connectivity index (χ1v) is 7.69. The third-order valence-electron chi connectivity index (χ3n) is 3.85. The minimum Gasteiger partial charge on any atom is -0.454 e. The third-order valence-corrected chi connectivity index (χ3v) is 3.85. The van der Waals surface area contributed by atoms with Crippen LogP contribution < -0.4 is 14.8 Å². The number of ether oxygens (including phenoxy) is 2. The van der Waals surface area contributed by atoms with E-state index in [9.17, 15) is 4.79 Å². The Morgan fingerprint density at radius 2 is 1.96 bits per heavy atom. The predicted molar refractivity (Wildman–Crippen MR) is 86.9 cm³/mol. The Kier molecular flexibility index (Phi) is 3.57. The van der Waals surface area contributed by atoms with Crippen molar-refractivity contribution in [2.75, 3.05) is 6.79 Å². The number of hydrogen-bond donors (Lipinski definition) is 1. The highest BCUT2D eigenvalue weighted by Gasteiger charge is 2.13. The van der Waals surface area contributed by atoms with Crippen LogP contribution in [0.1, 0.15) is 17.0 Å². The first-order valence-electron chi connectivity index (χ1n) is 7.69. The number of amides is 1. The predicted octanol–water partition coefficient (Wildman–Crippen LogP) is 2.72. The van der Waals surface area contributed by atoms with Crippen molar-refractivity contribution < 1.29 is 18.7 Å². The Balaban J connectivity index is 1.38. The number of carbonyl (C=O) groups is 1. The summed E-state index contributed by atoms with van der Waals surface area (Å²) in [5.41, 5.74) is 3.37. The Bertz CT molecular complexity index is 917. The lowest BCUT2D eigenvalue weighted by molar-refractivity contribution is -0.120. The van der Waals surface area contributed by atoms with Gasteiger partial charge in [-0.1, -0.05) is 12.1 Å². The Morgan fingerprint density at radius 3 is 2.88 bits per heavy atom. The Labute approximate surface area is 138 Å². The summed E-state index contributed by atoms with van der Waals surface area (Å²) in [5.74, 6) is 2.02. The lowest BCUT2D eigenvalue weighted by Gasteiger charge is -2.06. The van der Waals surface area contributed by atoms with Crippen LogP contribution in [-0.4, -0.2) is 17.7 Å². The third kappa shape index (κ3) is 2.90. The van der Waals surface area contributed by atoms with Gasteiger partial charge in [-0.3, -0.25) is 4.79 Å². The van der Waals surface area contributed by atoms with E-state index >= 15 is 0 Å². The quantitative estimate of drug-likeness (QED) is 0.799. The summed E-state index contributed by atoms with van der Waals surface area (Å²) in [6, 6.07) is 11.3. The maximum absolute atomic E-state index is 12.1. The van der Waals surface area contributed by atoms with Crippen LogP contribution in [0.5, 0.6) is 11.5 Å². The SMILES string of the molecule is Cc1nc2cc(CC(=O)NCc3ccc4c(c3)OCO4)ccc2o1. The molecule has 0 atom stereocenters. The van der Waals surface area contributed by atoms with Gasteiger partial charge >= 0.3 is 0 Å². The molecular formula is C18H16N2O4. The van der Waals surface area contributed by atoms with Crippen LogP contribution in [-0.2, 0) is 17.8 Å². The summed E-state index contributed by atoms with van der Waals surface area (Å²) < 4.78 is 16.0. The topological polar surface area (TPSA) is 73.6 Å². The van der Waals surface area contributed by atoms with E-state index in [0.717, 1.165) is 28.0 Å². The summed E-state index contributed by atoms with van der Waals surface area (Å²) in [6.07, 6.45) is 0.298. The van der Waals surface area contributed by atoms with Gasteiger partial charge in [0.05, 0.1) is 6.42 Å². The van der Waals surface area contributed by atoms with Gasteiger partial charge in [0.15, 0.2) is 23.0 Å². The van der Waals surface area contributed by atoms with Gasteiger partial charge in [-0.05, 0) is 35.4 Å². The van der Waals surface area contributed by atoms with Gasteiger partial charge in [0.1, 0.15) is 5.52 Å². The molecule has 4 rings (SSSR count). The van der Waals surface area contributed by atoms with E-state index in [4.69, 9.17) is 13.9 Å².